The van der Waals surface area contributed by atoms with Crippen molar-refractivity contribution in [3.63, 3.8) is 0 Å². The van der Waals surface area contributed by atoms with Gasteiger partial charge >= 0.3 is 0 Å². The highest BCUT2D eigenvalue weighted by Crippen LogP contribution is 2.28. The Balaban J connectivity index is 1.62. The van der Waals surface area contributed by atoms with E-state index in [9.17, 15) is 13.2 Å². The summed E-state index contributed by atoms with van der Waals surface area (Å²) in [5.74, 6) is 0.693. The highest BCUT2D eigenvalue weighted by atomic mass is 32.2. The molecular weight excluding hydrogens is 366 g/mol. The number of carbonyl (C=O) groups is 1. The fraction of sp³-hybridized carbons (Fsp3) is 0.556. The number of guanidine groups is 1. The molecule has 1 amide bonds. The zero-order chi connectivity index (χ0) is 19.4. The summed E-state index contributed by atoms with van der Waals surface area (Å²) in [6, 6.07) is 6.51. The van der Waals surface area contributed by atoms with Gasteiger partial charge < -0.3 is 10.6 Å². The van der Waals surface area contributed by atoms with Crippen molar-refractivity contribution in [2.75, 3.05) is 18.7 Å². The fourth-order valence-electron chi connectivity index (χ4n) is 3.68. The van der Waals surface area contributed by atoms with Gasteiger partial charge in [0.05, 0.1) is 18.2 Å². The summed E-state index contributed by atoms with van der Waals surface area (Å²) in [6.45, 7) is 4.74. The van der Waals surface area contributed by atoms with Gasteiger partial charge in [-0.2, -0.15) is 0 Å². The standard InChI is InChI=1S/C18H27N5O3S/c1-13-5-3-4-6-17(13)23-11-19-18(20-12-23)22-27(25,26)16-9-7-15(8-10-16)21-14(2)24/h7-10,13,17H,3-6,11-12H2,1-2H3,(H,21,24)(H2,19,20,22)/t13-,17-/m1/s1. The van der Waals surface area contributed by atoms with Gasteiger partial charge in [0.2, 0.25) is 11.9 Å². The molecule has 2 atom stereocenters. The minimum absolute atomic E-state index is 0.115. The first-order valence-corrected chi connectivity index (χ1v) is 10.8. The number of sulfonamides is 1. The van der Waals surface area contributed by atoms with Crippen LogP contribution in [0, 0.1) is 5.92 Å². The van der Waals surface area contributed by atoms with Crippen LogP contribution in [-0.2, 0) is 14.8 Å². The number of carbonyl (C=O) groups excluding carboxylic acids is 1. The molecule has 0 bridgehead atoms. The number of anilines is 1. The number of hydrogen-bond donors (Lipinski definition) is 3. The van der Waals surface area contributed by atoms with E-state index < -0.39 is 10.0 Å². The molecule has 0 unspecified atom stereocenters. The van der Waals surface area contributed by atoms with Crippen molar-refractivity contribution in [2.45, 2.75) is 50.5 Å². The molecule has 1 aliphatic heterocycles. The smallest absolute Gasteiger partial charge is 0.264 e. The maximum absolute atomic E-state index is 12.5. The molecule has 1 saturated carbocycles. The Morgan fingerprint density at radius 3 is 2.52 bits per heavy atom. The summed E-state index contributed by atoms with van der Waals surface area (Å²) in [5, 5.41) is 5.69. The number of hydrogen-bond acceptors (Lipinski definition) is 6. The van der Waals surface area contributed by atoms with Gasteiger partial charge in [-0.1, -0.05) is 19.8 Å². The third kappa shape index (κ3) is 4.98. The van der Waals surface area contributed by atoms with Crippen LogP contribution in [0.2, 0.25) is 0 Å². The maximum atomic E-state index is 12.5. The Bertz CT molecular complexity index is 807. The minimum atomic E-state index is -3.73. The number of benzene rings is 1. The van der Waals surface area contributed by atoms with Crippen molar-refractivity contribution in [1.82, 2.24) is 14.9 Å². The molecule has 1 aliphatic carbocycles. The minimum Gasteiger partial charge on any atom is -0.343 e. The molecule has 1 heterocycles. The van der Waals surface area contributed by atoms with Crippen LogP contribution < -0.4 is 15.4 Å². The van der Waals surface area contributed by atoms with Crippen molar-refractivity contribution in [3.8, 4) is 0 Å². The second-order valence-electron chi connectivity index (χ2n) is 7.21. The Morgan fingerprint density at radius 2 is 1.93 bits per heavy atom. The third-order valence-corrected chi connectivity index (χ3v) is 6.47. The van der Waals surface area contributed by atoms with E-state index in [4.69, 9.17) is 0 Å². The van der Waals surface area contributed by atoms with Crippen LogP contribution in [0.25, 0.3) is 0 Å². The SMILES string of the molecule is CC(=O)Nc1ccc(S(=O)(=O)NC2=NCN([C@@H]3CCCC[C@H]3C)CN2)cc1. The molecule has 0 spiro atoms. The predicted octanol–water partition coefficient (Wildman–Crippen LogP) is 1.68. The molecule has 1 fully saturated rings. The van der Waals surface area contributed by atoms with E-state index in [0.29, 0.717) is 31.0 Å². The summed E-state index contributed by atoms with van der Waals surface area (Å²) in [5.41, 5.74) is 0.548. The Hall–Kier alpha value is -2.13. The largest absolute Gasteiger partial charge is 0.343 e. The Morgan fingerprint density at radius 1 is 1.22 bits per heavy atom. The normalized spacial score (nSPS) is 23.9. The number of aliphatic imine (C=N–C) groups is 1. The predicted molar refractivity (Wildman–Crippen MR) is 105 cm³/mol. The molecule has 27 heavy (non-hydrogen) atoms. The van der Waals surface area contributed by atoms with E-state index in [0.717, 1.165) is 0 Å². The van der Waals surface area contributed by atoms with Gasteiger partial charge in [0.15, 0.2) is 0 Å². The monoisotopic (exact) mass is 393 g/mol. The molecule has 3 rings (SSSR count). The van der Waals surface area contributed by atoms with Crippen LogP contribution in [0.3, 0.4) is 0 Å². The van der Waals surface area contributed by atoms with Crippen LogP contribution in [0.1, 0.15) is 39.5 Å². The second kappa shape index (κ2) is 8.26. The van der Waals surface area contributed by atoms with Gasteiger partial charge in [-0.15, -0.1) is 0 Å². The first-order chi connectivity index (χ1) is 12.8. The lowest BCUT2D eigenvalue weighted by atomic mass is 9.85. The van der Waals surface area contributed by atoms with Crippen LogP contribution in [0.15, 0.2) is 34.2 Å². The number of nitrogens with one attached hydrogen (secondary N) is 3. The van der Waals surface area contributed by atoms with Crippen molar-refractivity contribution in [1.29, 1.82) is 0 Å². The molecule has 0 aromatic heterocycles. The third-order valence-electron chi connectivity index (χ3n) is 5.11. The maximum Gasteiger partial charge on any atom is 0.264 e. The van der Waals surface area contributed by atoms with Gasteiger partial charge in [0.25, 0.3) is 10.0 Å². The first kappa shape index (κ1) is 19.6. The van der Waals surface area contributed by atoms with Crippen LogP contribution in [0.4, 0.5) is 5.69 Å². The van der Waals surface area contributed by atoms with Crippen molar-refractivity contribution < 1.29 is 13.2 Å². The lowest BCUT2D eigenvalue weighted by molar-refractivity contribution is -0.114. The number of nitrogens with zero attached hydrogens (tertiary/aromatic N) is 2. The molecule has 1 aromatic rings. The average Bonchev–Trinajstić information content (AvgIpc) is 2.63. The van der Waals surface area contributed by atoms with Gasteiger partial charge in [0, 0.05) is 18.7 Å². The lowest BCUT2D eigenvalue weighted by Gasteiger charge is -2.39. The second-order valence-corrected chi connectivity index (χ2v) is 8.89. The first-order valence-electron chi connectivity index (χ1n) is 9.28. The molecule has 0 saturated heterocycles. The average molecular weight is 394 g/mol. The molecule has 2 aliphatic rings. The molecule has 1 aromatic carbocycles. The summed E-state index contributed by atoms with van der Waals surface area (Å²) >= 11 is 0. The molecule has 9 heteroatoms. The summed E-state index contributed by atoms with van der Waals surface area (Å²) < 4.78 is 27.6. The van der Waals surface area contributed by atoms with Crippen LogP contribution in [0.5, 0.6) is 0 Å². The Labute approximate surface area is 160 Å². The van der Waals surface area contributed by atoms with E-state index >= 15 is 0 Å². The quantitative estimate of drug-likeness (QED) is 0.722. The lowest BCUT2D eigenvalue weighted by Crippen LogP contribution is -2.54. The molecule has 148 valence electrons. The van der Waals surface area contributed by atoms with Crippen molar-refractivity contribution in [3.05, 3.63) is 24.3 Å². The molecule has 0 radical (unpaired) electrons. The van der Waals surface area contributed by atoms with Crippen LogP contribution >= 0.6 is 0 Å². The van der Waals surface area contributed by atoms with E-state index in [1.165, 1.54) is 44.7 Å². The molecule has 8 nitrogen and oxygen atoms in total. The van der Waals surface area contributed by atoms with Crippen molar-refractivity contribution in [2.24, 2.45) is 10.9 Å². The number of amides is 1. The van der Waals surface area contributed by atoms with Gasteiger partial charge in [-0.25, -0.2) is 18.1 Å². The zero-order valence-corrected chi connectivity index (χ0v) is 16.6. The molecular formula is C18H27N5O3S. The number of rotatable bonds is 4. The van der Waals surface area contributed by atoms with E-state index in [1.54, 1.807) is 12.1 Å². The van der Waals surface area contributed by atoms with Gasteiger partial charge in [-0.05, 0) is 43.0 Å². The Kier molecular flexibility index (Phi) is 6.01. The topological polar surface area (TPSA) is 103 Å². The van der Waals surface area contributed by atoms with Gasteiger partial charge in [0.1, 0.15) is 0 Å². The fourth-order valence-corrected chi connectivity index (χ4v) is 4.68. The van der Waals surface area contributed by atoms with Gasteiger partial charge in [-0.3, -0.25) is 9.69 Å². The summed E-state index contributed by atoms with van der Waals surface area (Å²) in [4.78, 5) is 17.8. The van der Waals surface area contributed by atoms with Crippen molar-refractivity contribution >= 4 is 27.6 Å². The molecule has 3 N–H and O–H groups in total. The highest BCUT2D eigenvalue weighted by Gasteiger charge is 2.29. The van der Waals surface area contributed by atoms with E-state index in [1.807, 2.05) is 0 Å². The summed E-state index contributed by atoms with van der Waals surface area (Å²) in [7, 11) is -3.73. The zero-order valence-electron chi connectivity index (χ0n) is 15.7. The highest BCUT2D eigenvalue weighted by molar-refractivity contribution is 7.90. The van der Waals surface area contributed by atoms with E-state index in [2.05, 4.69) is 32.2 Å². The van der Waals surface area contributed by atoms with Crippen LogP contribution in [-0.4, -0.2) is 44.6 Å². The van der Waals surface area contributed by atoms with E-state index in [-0.39, 0.29) is 16.8 Å². The summed E-state index contributed by atoms with van der Waals surface area (Å²) in [6.07, 6.45) is 4.93.